The van der Waals surface area contributed by atoms with Crippen molar-refractivity contribution in [3.63, 3.8) is 0 Å². The molecule has 0 unspecified atom stereocenters. The van der Waals surface area contributed by atoms with Crippen LogP contribution in [0.25, 0.3) is 0 Å². The number of rotatable bonds is 4. The van der Waals surface area contributed by atoms with Crippen molar-refractivity contribution in [2.24, 2.45) is 0 Å². The van der Waals surface area contributed by atoms with E-state index < -0.39 is 35.1 Å². The van der Waals surface area contributed by atoms with Crippen LogP contribution in [-0.2, 0) is 17.8 Å². The Kier molecular flexibility index (Phi) is 5.43. The number of amides is 1. The van der Waals surface area contributed by atoms with E-state index in [4.69, 9.17) is 0 Å². The summed E-state index contributed by atoms with van der Waals surface area (Å²) < 4.78 is 43.0. The molecule has 0 radical (unpaired) electrons. The summed E-state index contributed by atoms with van der Waals surface area (Å²) in [7, 11) is 0. The Labute approximate surface area is 170 Å². The number of hydrogen-bond donors (Lipinski definition) is 1. The lowest BCUT2D eigenvalue weighted by Gasteiger charge is -2.17. The molecule has 156 valence electrons. The van der Waals surface area contributed by atoms with Crippen LogP contribution in [-0.4, -0.2) is 20.3 Å². The van der Waals surface area contributed by atoms with Crippen molar-refractivity contribution < 1.29 is 18.0 Å². The molecule has 6 nitrogen and oxygen atoms in total. The Morgan fingerprint density at radius 2 is 1.90 bits per heavy atom. The van der Waals surface area contributed by atoms with Gasteiger partial charge in [-0.15, -0.1) is 0 Å². The molecular weight excluding hydrogens is 397 g/mol. The first-order valence-corrected chi connectivity index (χ1v) is 9.61. The van der Waals surface area contributed by atoms with Gasteiger partial charge >= 0.3 is 5.69 Å². The molecule has 1 amide bonds. The maximum Gasteiger partial charge on any atom is 0.346 e. The van der Waals surface area contributed by atoms with E-state index in [9.17, 15) is 22.8 Å². The zero-order chi connectivity index (χ0) is 21.3. The third-order valence-corrected chi connectivity index (χ3v) is 5.09. The first-order valence-electron chi connectivity index (χ1n) is 9.61. The molecule has 0 saturated carbocycles. The van der Waals surface area contributed by atoms with E-state index in [1.54, 1.807) is 12.1 Å². The van der Waals surface area contributed by atoms with Gasteiger partial charge in [-0.05, 0) is 42.7 Å². The Bertz CT molecular complexity index is 1160. The minimum Gasteiger partial charge on any atom is -0.322 e. The van der Waals surface area contributed by atoms with E-state index in [-0.39, 0.29) is 12.2 Å². The van der Waals surface area contributed by atoms with Gasteiger partial charge in [-0.25, -0.2) is 22.6 Å². The molecule has 1 aromatic heterocycles. The summed E-state index contributed by atoms with van der Waals surface area (Å²) in [6.45, 7) is 0.0670. The van der Waals surface area contributed by atoms with Gasteiger partial charge in [-0.2, -0.15) is 5.10 Å². The first-order chi connectivity index (χ1) is 14.4. The number of nitrogens with zero attached hydrogens (tertiary/aromatic N) is 3. The van der Waals surface area contributed by atoms with Crippen molar-refractivity contribution in [2.75, 3.05) is 5.32 Å². The summed E-state index contributed by atoms with van der Waals surface area (Å²) in [5, 5.41) is 6.79. The highest BCUT2D eigenvalue weighted by Crippen LogP contribution is 2.24. The van der Waals surface area contributed by atoms with Crippen LogP contribution >= 0.6 is 0 Å². The average molecular weight is 416 g/mol. The van der Waals surface area contributed by atoms with E-state index in [0.717, 1.165) is 18.6 Å². The van der Waals surface area contributed by atoms with Gasteiger partial charge in [0.1, 0.15) is 29.3 Å². The van der Waals surface area contributed by atoms with Crippen LogP contribution in [0, 0.1) is 17.5 Å². The van der Waals surface area contributed by atoms with Gasteiger partial charge in [0, 0.05) is 12.5 Å². The molecule has 9 heteroatoms. The number of halogens is 3. The second-order valence-electron chi connectivity index (χ2n) is 7.23. The summed E-state index contributed by atoms with van der Waals surface area (Å²) in [6.07, 6.45) is 2.33. The molecule has 0 spiro atoms. The topological polar surface area (TPSA) is 68.9 Å². The second-order valence-corrected chi connectivity index (χ2v) is 7.23. The number of nitrogens with one attached hydrogen (secondary N) is 1. The fourth-order valence-corrected chi connectivity index (χ4v) is 3.67. The quantitative estimate of drug-likeness (QED) is 0.709. The van der Waals surface area contributed by atoms with E-state index in [2.05, 4.69) is 10.4 Å². The van der Waals surface area contributed by atoms with Gasteiger partial charge < -0.3 is 5.32 Å². The van der Waals surface area contributed by atoms with Crippen LogP contribution in [0.15, 0.2) is 47.3 Å². The molecule has 4 rings (SSSR count). The van der Waals surface area contributed by atoms with Crippen LogP contribution in [0.5, 0.6) is 0 Å². The van der Waals surface area contributed by atoms with E-state index in [1.807, 2.05) is 0 Å². The summed E-state index contributed by atoms with van der Waals surface area (Å²) in [5.41, 5.74) is -0.0805. The number of hydrogen-bond acceptors (Lipinski definition) is 3. The predicted molar refractivity (Wildman–Crippen MR) is 104 cm³/mol. The molecule has 0 saturated heterocycles. The van der Waals surface area contributed by atoms with Crippen molar-refractivity contribution in [1.29, 1.82) is 0 Å². The predicted octanol–water partition coefficient (Wildman–Crippen LogP) is 3.42. The lowest BCUT2D eigenvalue weighted by atomic mass is 10.1. The third kappa shape index (κ3) is 4.00. The number of carbonyl (C=O) groups excluding carboxylic acids is 1. The number of aromatic nitrogens is 3. The van der Waals surface area contributed by atoms with E-state index >= 15 is 0 Å². The molecule has 1 N–H and O–H groups in total. The van der Waals surface area contributed by atoms with Gasteiger partial charge in [0.15, 0.2) is 0 Å². The van der Waals surface area contributed by atoms with Gasteiger partial charge in [0.25, 0.3) is 0 Å². The first kappa shape index (κ1) is 19.9. The molecule has 3 aromatic rings. The summed E-state index contributed by atoms with van der Waals surface area (Å²) in [4.78, 5) is 25.9. The normalized spacial score (nSPS) is 16.0. The van der Waals surface area contributed by atoms with Crippen LogP contribution < -0.4 is 11.0 Å². The molecule has 0 bridgehead atoms. The number of benzene rings is 2. The fraction of sp³-hybridized carbons (Fsp3) is 0.286. The lowest BCUT2D eigenvalue weighted by Crippen LogP contribution is -2.35. The molecule has 0 fully saturated rings. The molecule has 0 aliphatic carbocycles. The summed E-state index contributed by atoms with van der Waals surface area (Å²) in [6, 6.07) is 7.84. The van der Waals surface area contributed by atoms with Crippen molar-refractivity contribution in [1.82, 2.24) is 14.3 Å². The zero-order valence-corrected chi connectivity index (χ0v) is 15.9. The summed E-state index contributed by atoms with van der Waals surface area (Å²) >= 11 is 0. The monoisotopic (exact) mass is 416 g/mol. The Morgan fingerprint density at radius 1 is 1.10 bits per heavy atom. The zero-order valence-electron chi connectivity index (χ0n) is 15.9. The van der Waals surface area contributed by atoms with Crippen LogP contribution in [0.3, 0.4) is 0 Å². The van der Waals surface area contributed by atoms with Gasteiger partial charge in [0.05, 0.1) is 12.2 Å². The molecular formula is C21H19F3N4O2. The Hall–Kier alpha value is -3.36. The average Bonchev–Trinajstić information content (AvgIpc) is 2.87. The number of anilines is 1. The van der Waals surface area contributed by atoms with Crippen LogP contribution in [0.2, 0.25) is 0 Å². The van der Waals surface area contributed by atoms with E-state index in [1.165, 1.54) is 21.4 Å². The van der Waals surface area contributed by atoms with Crippen LogP contribution in [0.4, 0.5) is 18.9 Å². The highest BCUT2D eigenvalue weighted by atomic mass is 19.1. The van der Waals surface area contributed by atoms with Gasteiger partial charge in [-0.1, -0.05) is 18.6 Å². The molecule has 2 aromatic carbocycles. The molecule has 1 aliphatic heterocycles. The highest BCUT2D eigenvalue weighted by molar-refractivity contribution is 5.93. The van der Waals surface area contributed by atoms with E-state index in [0.29, 0.717) is 36.7 Å². The van der Waals surface area contributed by atoms with Gasteiger partial charge in [0.2, 0.25) is 5.91 Å². The largest absolute Gasteiger partial charge is 0.346 e. The molecule has 1 aliphatic rings. The minimum atomic E-state index is -0.897. The minimum absolute atomic E-state index is 0.0670. The summed E-state index contributed by atoms with van der Waals surface area (Å²) in [5.74, 6) is -2.19. The number of aryl methyl sites for hydroxylation is 1. The molecule has 2 heterocycles. The SMILES string of the molecule is O=C(Nc1ccc(F)cc1F)[C@@H]1CCCCc2nn(Cc3cccc(F)c3)c(=O)n21. The maximum atomic E-state index is 13.9. The third-order valence-electron chi connectivity index (χ3n) is 5.09. The standard InChI is InChI=1S/C21H19F3N4O2/c22-14-5-3-4-13(10-14)12-27-21(30)28-18(6-1-2-7-19(28)26-27)20(29)25-17-9-8-15(23)11-16(17)24/h3-5,8-11,18H,1-2,6-7,12H2,(H,25,29)/t18-/m0/s1. The number of fused-ring (bicyclic) bond motifs is 1. The fourth-order valence-electron chi connectivity index (χ4n) is 3.67. The van der Waals surface area contributed by atoms with Crippen molar-refractivity contribution >= 4 is 11.6 Å². The Morgan fingerprint density at radius 3 is 2.67 bits per heavy atom. The van der Waals surface area contributed by atoms with Crippen molar-refractivity contribution in [3.8, 4) is 0 Å². The molecule has 1 atom stereocenters. The Balaban J connectivity index is 1.64. The smallest absolute Gasteiger partial charge is 0.322 e. The number of carbonyl (C=O) groups is 1. The van der Waals surface area contributed by atoms with Gasteiger partial charge in [-0.3, -0.25) is 9.36 Å². The lowest BCUT2D eigenvalue weighted by molar-refractivity contribution is -0.119. The highest BCUT2D eigenvalue weighted by Gasteiger charge is 2.29. The second kappa shape index (κ2) is 8.17. The molecule has 30 heavy (non-hydrogen) atoms. The maximum absolute atomic E-state index is 13.9. The van der Waals surface area contributed by atoms with Crippen LogP contribution in [0.1, 0.15) is 36.7 Å². The van der Waals surface area contributed by atoms with Crippen molar-refractivity contribution in [2.45, 2.75) is 38.3 Å². The van der Waals surface area contributed by atoms with Crippen molar-refractivity contribution in [3.05, 3.63) is 81.8 Å².